The van der Waals surface area contributed by atoms with Gasteiger partial charge in [-0.25, -0.2) is 0 Å². The zero-order valence-corrected chi connectivity index (χ0v) is 8.61. The van der Waals surface area contributed by atoms with Crippen LogP contribution in [0, 0.1) is 0 Å². The van der Waals surface area contributed by atoms with Gasteiger partial charge < -0.3 is 0 Å². The van der Waals surface area contributed by atoms with Gasteiger partial charge in [-0.2, -0.15) is 20.2 Å². The van der Waals surface area contributed by atoms with Crippen molar-refractivity contribution >= 4 is 27.7 Å². The molecule has 0 saturated carbocycles. The van der Waals surface area contributed by atoms with Crippen LogP contribution >= 0.6 is 11.8 Å². The van der Waals surface area contributed by atoms with E-state index in [4.69, 9.17) is 4.55 Å². The van der Waals surface area contributed by atoms with E-state index in [-0.39, 0.29) is 6.42 Å². The highest BCUT2D eigenvalue weighted by Gasteiger charge is 2.26. The Kier molecular flexibility index (Phi) is 4.81. The van der Waals surface area contributed by atoms with Crippen LogP contribution in [0.5, 0.6) is 0 Å². The first kappa shape index (κ1) is 11.9. The van der Waals surface area contributed by atoms with Crippen molar-refractivity contribution in [2.45, 2.75) is 18.6 Å². The van der Waals surface area contributed by atoms with Crippen LogP contribution in [-0.2, 0) is 14.9 Å². The molecule has 0 radical (unpaired) electrons. The lowest BCUT2D eigenvalue weighted by molar-refractivity contribution is -0.116. The highest BCUT2D eigenvalue weighted by molar-refractivity contribution is 7.98. The van der Waals surface area contributed by atoms with Crippen LogP contribution in [0.3, 0.4) is 0 Å². The third-order valence-corrected chi connectivity index (χ3v) is 3.33. The van der Waals surface area contributed by atoms with E-state index in [1.807, 2.05) is 0 Å². The van der Waals surface area contributed by atoms with E-state index in [0.717, 1.165) is 0 Å². The number of hydrogen-bond donors (Lipinski definition) is 1. The van der Waals surface area contributed by atoms with Gasteiger partial charge in [-0.15, -0.1) is 0 Å². The number of Topliss-reactive ketones (excluding diaryl/α,β-unsaturated/α-hetero) is 1. The Morgan fingerprint density at radius 2 is 2.08 bits per heavy atom. The highest BCUT2D eigenvalue weighted by atomic mass is 32.2. The molecule has 1 atom stereocenters. The van der Waals surface area contributed by atoms with Crippen molar-refractivity contribution < 1.29 is 17.8 Å². The van der Waals surface area contributed by atoms with Gasteiger partial charge in [0.15, 0.2) is 0 Å². The van der Waals surface area contributed by atoms with Gasteiger partial charge in [-0.3, -0.25) is 9.35 Å². The molecule has 1 N–H and O–H groups in total. The molecule has 72 valence electrons. The summed E-state index contributed by atoms with van der Waals surface area (Å²) in [5, 5.41) is -1.25. The molecule has 0 aromatic rings. The van der Waals surface area contributed by atoms with Crippen LogP contribution in [0.25, 0.3) is 0 Å². The van der Waals surface area contributed by atoms with Gasteiger partial charge in [0.05, 0.1) is 0 Å². The van der Waals surface area contributed by atoms with Crippen molar-refractivity contribution in [1.82, 2.24) is 0 Å². The number of ketones is 1. The fraction of sp³-hybridized carbons (Fsp3) is 0.833. The summed E-state index contributed by atoms with van der Waals surface area (Å²) in [5.74, 6) is 0.0378. The van der Waals surface area contributed by atoms with E-state index in [1.165, 1.54) is 18.7 Å². The van der Waals surface area contributed by atoms with Gasteiger partial charge in [-0.05, 0) is 25.4 Å². The van der Waals surface area contributed by atoms with Crippen molar-refractivity contribution in [2.75, 3.05) is 12.0 Å². The summed E-state index contributed by atoms with van der Waals surface area (Å²) in [7, 11) is -4.20. The maximum absolute atomic E-state index is 10.7. The van der Waals surface area contributed by atoms with Crippen LogP contribution in [0.15, 0.2) is 0 Å². The first-order valence-electron chi connectivity index (χ1n) is 3.35. The van der Waals surface area contributed by atoms with Crippen molar-refractivity contribution in [3.8, 4) is 0 Å². The molecule has 0 heterocycles. The lowest BCUT2D eigenvalue weighted by Crippen LogP contribution is -2.28. The second kappa shape index (κ2) is 4.84. The molecule has 0 spiro atoms. The molecule has 0 aromatic carbocycles. The molecule has 4 nitrogen and oxygen atoms in total. The summed E-state index contributed by atoms with van der Waals surface area (Å²) in [4.78, 5) is 10.7. The molecule has 6 heteroatoms. The Morgan fingerprint density at radius 1 is 1.58 bits per heavy atom. The van der Waals surface area contributed by atoms with Gasteiger partial charge in [0.1, 0.15) is 11.0 Å². The first-order valence-corrected chi connectivity index (χ1v) is 6.25. The van der Waals surface area contributed by atoms with Gasteiger partial charge in [-0.1, -0.05) is 0 Å². The van der Waals surface area contributed by atoms with Crippen molar-refractivity contribution in [3.63, 3.8) is 0 Å². The maximum atomic E-state index is 10.7. The summed E-state index contributed by atoms with van der Waals surface area (Å²) in [6.07, 6.45) is 1.98. The van der Waals surface area contributed by atoms with E-state index < -0.39 is 21.2 Å². The van der Waals surface area contributed by atoms with Gasteiger partial charge in [0.2, 0.25) is 0 Å². The summed E-state index contributed by atoms with van der Waals surface area (Å²) in [6.45, 7) is 1.17. The number of carbonyl (C=O) groups is 1. The monoisotopic (exact) mass is 212 g/mol. The minimum Gasteiger partial charge on any atom is -0.298 e. The van der Waals surface area contributed by atoms with E-state index in [1.54, 1.807) is 6.26 Å². The molecular weight excluding hydrogens is 200 g/mol. The summed E-state index contributed by atoms with van der Waals surface area (Å²) in [6, 6.07) is 0. The highest BCUT2D eigenvalue weighted by Crippen LogP contribution is 2.09. The predicted molar refractivity (Wildman–Crippen MR) is 49.0 cm³/mol. The fourth-order valence-corrected chi connectivity index (χ4v) is 2.24. The van der Waals surface area contributed by atoms with Gasteiger partial charge in [0.25, 0.3) is 10.1 Å². The molecular formula is C6H12O4S2. The molecule has 0 rings (SSSR count). The minimum atomic E-state index is -4.20. The zero-order valence-electron chi connectivity index (χ0n) is 6.98. The zero-order chi connectivity index (χ0) is 9.78. The summed E-state index contributed by atoms with van der Waals surface area (Å²) in [5.41, 5.74) is 0. The average molecular weight is 212 g/mol. The van der Waals surface area contributed by atoms with Crippen LogP contribution in [0.2, 0.25) is 0 Å². The Morgan fingerprint density at radius 3 is 2.33 bits per heavy atom. The summed E-state index contributed by atoms with van der Waals surface area (Å²) < 4.78 is 29.8. The molecule has 1 unspecified atom stereocenters. The van der Waals surface area contributed by atoms with E-state index >= 15 is 0 Å². The fourth-order valence-electron chi connectivity index (χ4n) is 0.787. The second-order valence-corrected chi connectivity index (χ2v) is 4.98. The third-order valence-electron chi connectivity index (χ3n) is 1.40. The van der Waals surface area contributed by atoms with Gasteiger partial charge >= 0.3 is 0 Å². The maximum Gasteiger partial charge on any atom is 0.274 e. The smallest absolute Gasteiger partial charge is 0.274 e. The lowest BCUT2D eigenvalue weighted by atomic mass is 10.2. The number of thioether (sulfide) groups is 1. The van der Waals surface area contributed by atoms with E-state index in [0.29, 0.717) is 5.75 Å². The molecule has 0 bridgehead atoms. The Bertz CT molecular complexity index is 244. The molecule has 0 aliphatic heterocycles. The van der Waals surface area contributed by atoms with Gasteiger partial charge in [0, 0.05) is 0 Å². The average Bonchev–Trinajstić information content (AvgIpc) is 1.84. The van der Waals surface area contributed by atoms with Crippen LogP contribution in [-0.4, -0.2) is 36.0 Å². The molecule has 0 saturated heterocycles. The van der Waals surface area contributed by atoms with E-state index in [2.05, 4.69) is 0 Å². The quantitative estimate of drug-likeness (QED) is 0.675. The Balaban J connectivity index is 4.36. The molecule has 0 aromatic heterocycles. The van der Waals surface area contributed by atoms with Crippen LogP contribution < -0.4 is 0 Å². The largest absolute Gasteiger partial charge is 0.298 e. The molecule has 0 fully saturated rings. The molecule has 12 heavy (non-hydrogen) atoms. The minimum absolute atomic E-state index is 0.176. The number of hydrogen-bond acceptors (Lipinski definition) is 4. The molecule has 0 aliphatic carbocycles. The molecule has 0 amide bonds. The standard InChI is InChI=1S/C6H12O4S2/c1-5(7)6(3-4-11-2)12(8,9)10/h6H,3-4H2,1-2H3,(H,8,9,10). The Labute approximate surface area is 76.5 Å². The second-order valence-electron chi connectivity index (χ2n) is 2.40. The van der Waals surface area contributed by atoms with Crippen molar-refractivity contribution in [1.29, 1.82) is 0 Å². The lowest BCUT2D eigenvalue weighted by Gasteiger charge is -2.08. The normalized spacial score (nSPS) is 14.2. The third kappa shape index (κ3) is 4.08. The van der Waals surface area contributed by atoms with Crippen molar-refractivity contribution in [2.24, 2.45) is 0 Å². The SMILES string of the molecule is CSCCC(C(C)=O)S(=O)(=O)O. The number of carbonyl (C=O) groups excluding carboxylic acids is 1. The van der Waals surface area contributed by atoms with E-state index in [9.17, 15) is 13.2 Å². The molecule has 0 aliphatic rings. The summed E-state index contributed by atoms with van der Waals surface area (Å²) >= 11 is 1.44. The Hall–Kier alpha value is -0.0700. The topological polar surface area (TPSA) is 71.4 Å². The van der Waals surface area contributed by atoms with Crippen molar-refractivity contribution in [3.05, 3.63) is 0 Å². The number of rotatable bonds is 5. The predicted octanol–water partition coefficient (Wildman–Crippen LogP) is 0.585. The van der Waals surface area contributed by atoms with Crippen LogP contribution in [0.4, 0.5) is 0 Å². The van der Waals surface area contributed by atoms with Crippen LogP contribution in [0.1, 0.15) is 13.3 Å². The first-order chi connectivity index (χ1) is 5.39.